The van der Waals surface area contributed by atoms with Crippen molar-refractivity contribution in [3.8, 4) is 5.75 Å². The van der Waals surface area contributed by atoms with Crippen molar-refractivity contribution >= 4 is 20.8 Å². The van der Waals surface area contributed by atoms with Crippen LogP contribution in [0.5, 0.6) is 5.75 Å². The van der Waals surface area contributed by atoms with Crippen molar-refractivity contribution in [1.82, 2.24) is 0 Å². The maximum absolute atomic E-state index is 12.5. The lowest BCUT2D eigenvalue weighted by atomic mass is 10.1. The molecule has 0 spiro atoms. The van der Waals surface area contributed by atoms with E-state index < -0.39 is 9.84 Å². The lowest BCUT2D eigenvalue weighted by molar-refractivity contribution is 0.414. The maximum Gasteiger partial charge on any atom is 0.225 e. The third-order valence-corrected chi connectivity index (χ3v) is 3.99. The summed E-state index contributed by atoms with van der Waals surface area (Å²) >= 11 is 0. The van der Waals surface area contributed by atoms with E-state index in [0.29, 0.717) is 24.0 Å². The molecule has 20 heavy (non-hydrogen) atoms. The molecule has 0 fully saturated rings. The first-order valence-electron chi connectivity index (χ1n) is 6.22. The average Bonchev–Trinajstić information content (AvgIpc) is 2.40. The quantitative estimate of drug-likeness (QED) is 0.864. The van der Waals surface area contributed by atoms with Gasteiger partial charge in [0.05, 0.1) is 18.1 Å². The highest BCUT2D eigenvalue weighted by Gasteiger charge is 2.21. The molecule has 1 heterocycles. The third-order valence-electron chi connectivity index (χ3n) is 2.99. The Morgan fingerprint density at radius 1 is 1.30 bits per heavy atom. The van der Waals surface area contributed by atoms with Gasteiger partial charge in [0.2, 0.25) is 14.9 Å². The van der Waals surface area contributed by atoms with E-state index in [0.717, 1.165) is 6.26 Å². The first-order chi connectivity index (χ1) is 9.38. The molecule has 6 heteroatoms. The smallest absolute Gasteiger partial charge is 0.225 e. The molecule has 0 unspecified atom stereocenters. The Labute approximate surface area is 117 Å². The number of methoxy groups -OCH3 is 1. The first-order valence-corrected chi connectivity index (χ1v) is 8.11. The zero-order valence-corrected chi connectivity index (χ0v) is 12.4. The summed E-state index contributed by atoms with van der Waals surface area (Å²) in [6.07, 6.45) is 2.06. The molecule has 0 amide bonds. The fourth-order valence-electron chi connectivity index (χ4n) is 2.08. The van der Waals surface area contributed by atoms with Gasteiger partial charge >= 0.3 is 0 Å². The van der Waals surface area contributed by atoms with Gasteiger partial charge in [-0.3, -0.25) is 4.79 Å². The molecule has 0 N–H and O–H groups in total. The monoisotopic (exact) mass is 296 g/mol. The van der Waals surface area contributed by atoms with E-state index in [1.54, 1.807) is 18.2 Å². The zero-order valence-electron chi connectivity index (χ0n) is 11.6. The van der Waals surface area contributed by atoms with E-state index in [9.17, 15) is 13.2 Å². The van der Waals surface area contributed by atoms with Crippen molar-refractivity contribution < 1.29 is 17.6 Å². The second-order valence-corrected chi connectivity index (χ2v) is 6.50. The van der Waals surface area contributed by atoms with Gasteiger partial charge in [0, 0.05) is 6.26 Å². The number of rotatable bonds is 4. The van der Waals surface area contributed by atoms with E-state index in [1.807, 2.05) is 6.92 Å². The Kier molecular flexibility index (Phi) is 3.85. The highest BCUT2D eigenvalue weighted by molar-refractivity contribution is 7.90. The minimum absolute atomic E-state index is 0.204. The lowest BCUT2D eigenvalue weighted by Crippen LogP contribution is -2.15. The molecular formula is C14H16O5S. The van der Waals surface area contributed by atoms with Crippen LogP contribution in [0.3, 0.4) is 0 Å². The Balaban J connectivity index is 2.89. The van der Waals surface area contributed by atoms with Gasteiger partial charge in [-0.2, -0.15) is 0 Å². The largest absolute Gasteiger partial charge is 0.497 e. The Morgan fingerprint density at radius 2 is 2.00 bits per heavy atom. The van der Waals surface area contributed by atoms with Gasteiger partial charge in [-0.15, -0.1) is 0 Å². The van der Waals surface area contributed by atoms with Gasteiger partial charge < -0.3 is 9.15 Å². The molecule has 108 valence electrons. The minimum Gasteiger partial charge on any atom is -0.497 e. The maximum atomic E-state index is 12.5. The van der Waals surface area contributed by atoms with E-state index in [1.165, 1.54) is 7.11 Å². The Hall–Kier alpha value is -1.82. The first kappa shape index (κ1) is 14.6. The van der Waals surface area contributed by atoms with Crippen molar-refractivity contribution in [3.63, 3.8) is 0 Å². The zero-order chi connectivity index (χ0) is 14.9. The molecule has 0 radical (unpaired) electrons. The summed E-state index contributed by atoms with van der Waals surface area (Å²) in [6.45, 7) is 1.88. The number of sulfone groups is 1. The van der Waals surface area contributed by atoms with Crippen LogP contribution < -0.4 is 10.2 Å². The van der Waals surface area contributed by atoms with Crippen molar-refractivity contribution in [2.45, 2.75) is 24.9 Å². The fourth-order valence-corrected chi connectivity index (χ4v) is 2.97. The molecule has 0 saturated carbocycles. The van der Waals surface area contributed by atoms with Crippen LogP contribution in [0.15, 0.2) is 32.5 Å². The molecule has 5 nitrogen and oxygen atoms in total. The predicted molar refractivity (Wildman–Crippen MR) is 76.1 cm³/mol. The molecule has 1 aromatic carbocycles. The highest BCUT2D eigenvalue weighted by atomic mass is 32.2. The molecule has 0 aliphatic carbocycles. The Morgan fingerprint density at radius 3 is 2.55 bits per heavy atom. The van der Waals surface area contributed by atoms with Crippen molar-refractivity contribution in [3.05, 3.63) is 34.0 Å². The molecule has 0 aliphatic heterocycles. The molecule has 2 aromatic rings. The summed E-state index contributed by atoms with van der Waals surface area (Å²) in [5.74, 6) is 0.527. The minimum atomic E-state index is -3.58. The van der Waals surface area contributed by atoms with Crippen LogP contribution >= 0.6 is 0 Å². The fraction of sp³-hybridized carbons (Fsp3) is 0.357. The number of benzene rings is 1. The second kappa shape index (κ2) is 5.28. The van der Waals surface area contributed by atoms with Crippen LogP contribution in [-0.4, -0.2) is 21.8 Å². The summed E-state index contributed by atoms with van der Waals surface area (Å²) < 4.78 is 34.1. The number of fused-ring (bicyclic) bond motifs is 1. The highest BCUT2D eigenvalue weighted by Crippen LogP contribution is 2.24. The number of hydrogen-bond donors (Lipinski definition) is 0. The third kappa shape index (κ3) is 2.56. The predicted octanol–water partition coefficient (Wildman–Crippen LogP) is 2.16. The van der Waals surface area contributed by atoms with Gasteiger partial charge in [-0.05, 0) is 24.6 Å². The van der Waals surface area contributed by atoms with E-state index in [2.05, 4.69) is 0 Å². The summed E-state index contributed by atoms with van der Waals surface area (Å²) in [6, 6.07) is 4.73. The SMILES string of the molecule is CCCc1c(S(C)(=O)=O)oc2ccc(OC)cc2c1=O. The van der Waals surface area contributed by atoms with Gasteiger partial charge in [0.25, 0.3) is 0 Å². The number of hydrogen-bond acceptors (Lipinski definition) is 5. The normalized spacial score (nSPS) is 11.8. The number of ether oxygens (including phenoxy) is 1. The lowest BCUT2D eigenvalue weighted by Gasteiger charge is -2.08. The second-order valence-electron chi connectivity index (χ2n) is 4.58. The summed E-state index contributed by atoms with van der Waals surface area (Å²) in [5.41, 5.74) is 0.138. The van der Waals surface area contributed by atoms with Gasteiger partial charge in [0.15, 0.2) is 5.43 Å². The summed E-state index contributed by atoms with van der Waals surface area (Å²) in [5, 5.41) is 0.0993. The van der Waals surface area contributed by atoms with E-state index in [4.69, 9.17) is 9.15 Å². The molecule has 0 aliphatic rings. The van der Waals surface area contributed by atoms with Crippen LogP contribution in [0.4, 0.5) is 0 Å². The van der Waals surface area contributed by atoms with Crippen molar-refractivity contribution in [1.29, 1.82) is 0 Å². The van der Waals surface area contributed by atoms with Crippen LogP contribution in [0.2, 0.25) is 0 Å². The average molecular weight is 296 g/mol. The van der Waals surface area contributed by atoms with Gasteiger partial charge in [0.1, 0.15) is 11.3 Å². The molecule has 1 aromatic heterocycles. The van der Waals surface area contributed by atoms with E-state index >= 15 is 0 Å². The van der Waals surface area contributed by atoms with E-state index in [-0.39, 0.29) is 21.7 Å². The molecule has 0 saturated heterocycles. The van der Waals surface area contributed by atoms with Gasteiger partial charge in [-0.25, -0.2) is 8.42 Å². The van der Waals surface area contributed by atoms with Crippen LogP contribution in [-0.2, 0) is 16.3 Å². The molecule has 2 rings (SSSR count). The van der Waals surface area contributed by atoms with Crippen LogP contribution in [0.25, 0.3) is 11.0 Å². The molecule has 0 atom stereocenters. The summed E-state index contributed by atoms with van der Waals surface area (Å²) in [7, 11) is -2.08. The standard InChI is InChI=1S/C14H16O5S/c1-4-5-10-13(15)11-8-9(18-2)6-7-12(11)19-14(10)20(3,16)17/h6-8H,4-5H2,1-3H3. The molecular weight excluding hydrogens is 280 g/mol. The summed E-state index contributed by atoms with van der Waals surface area (Å²) in [4.78, 5) is 12.5. The van der Waals surface area contributed by atoms with Gasteiger partial charge in [-0.1, -0.05) is 13.3 Å². The Bertz CT molecular complexity index is 802. The van der Waals surface area contributed by atoms with Crippen LogP contribution in [0.1, 0.15) is 18.9 Å². The molecule has 0 bridgehead atoms. The van der Waals surface area contributed by atoms with Crippen LogP contribution in [0, 0.1) is 0 Å². The van der Waals surface area contributed by atoms with Crippen molar-refractivity contribution in [2.24, 2.45) is 0 Å². The topological polar surface area (TPSA) is 73.6 Å². The van der Waals surface area contributed by atoms with Crippen molar-refractivity contribution in [2.75, 3.05) is 13.4 Å².